The van der Waals surface area contributed by atoms with Crippen molar-refractivity contribution in [3.8, 4) is 0 Å². The Morgan fingerprint density at radius 3 is 2.42 bits per heavy atom. The van der Waals surface area contributed by atoms with E-state index in [1.165, 1.54) is 6.07 Å². The van der Waals surface area contributed by atoms with Gasteiger partial charge in [0.05, 0.1) is 12.0 Å². The van der Waals surface area contributed by atoms with Crippen molar-refractivity contribution >= 4 is 5.91 Å². The lowest BCUT2D eigenvalue weighted by atomic mass is 9.86. The van der Waals surface area contributed by atoms with Crippen molar-refractivity contribution < 1.29 is 23.1 Å². The zero-order chi connectivity index (χ0) is 18.7. The summed E-state index contributed by atoms with van der Waals surface area (Å²) in [6, 6.07) is 5.70. The van der Waals surface area contributed by atoms with E-state index in [4.69, 9.17) is 0 Å². The first-order valence-electron chi connectivity index (χ1n) is 8.88. The van der Waals surface area contributed by atoms with E-state index < -0.39 is 11.7 Å². The highest BCUT2D eigenvalue weighted by molar-refractivity contribution is 5.79. The normalized spacial score (nSPS) is 19.1. The number of carbonyl (C=O) groups is 1. The number of halogens is 3. The lowest BCUT2D eigenvalue weighted by molar-refractivity contribution is -0.139. The maximum atomic E-state index is 13.2. The summed E-state index contributed by atoms with van der Waals surface area (Å²) in [5.41, 5.74) is 0.389. The standard InChI is InChI=1S/C20H22F3NO2/c21-20(22,23)17-7-3-2-6-16(17)14-9-11-24(12-10-14)19(26)13-15-5-1-4-8-18(15)25/h2-3,5-8,14,25H,1,4,9-13H2. The molecule has 1 heterocycles. The van der Waals surface area contributed by atoms with Gasteiger partial charge in [0.2, 0.25) is 5.91 Å². The van der Waals surface area contributed by atoms with Crippen LogP contribution in [0.5, 0.6) is 0 Å². The second-order valence-electron chi connectivity index (χ2n) is 6.81. The van der Waals surface area contributed by atoms with Gasteiger partial charge >= 0.3 is 6.18 Å². The number of piperidine rings is 1. The van der Waals surface area contributed by atoms with Gasteiger partial charge in [0.15, 0.2) is 0 Å². The van der Waals surface area contributed by atoms with Crippen LogP contribution < -0.4 is 0 Å². The average molecular weight is 365 g/mol. The number of rotatable bonds is 3. The van der Waals surface area contributed by atoms with Crippen LogP contribution in [-0.2, 0) is 11.0 Å². The van der Waals surface area contributed by atoms with Crippen molar-refractivity contribution in [3.05, 3.63) is 58.9 Å². The maximum absolute atomic E-state index is 13.2. The number of hydrogen-bond donors (Lipinski definition) is 1. The number of aliphatic hydroxyl groups is 1. The summed E-state index contributed by atoms with van der Waals surface area (Å²) in [6.07, 6.45) is 1.98. The summed E-state index contributed by atoms with van der Waals surface area (Å²) in [4.78, 5) is 14.1. The van der Waals surface area contributed by atoms with E-state index in [1.54, 1.807) is 23.1 Å². The molecular formula is C20H22F3NO2. The summed E-state index contributed by atoms with van der Waals surface area (Å²) in [5, 5.41) is 9.83. The second kappa shape index (κ2) is 7.56. The fraction of sp³-hybridized carbons (Fsp3) is 0.450. The largest absolute Gasteiger partial charge is 0.508 e. The van der Waals surface area contributed by atoms with E-state index in [1.807, 2.05) is 6.08 Å². The van der Waals surface area contributed by atoms with Gasteiger partial charge in [-0.25, -0.2) is 0 Å². The molecule has 0 atom stereocenters. The molecule has 0 aromatic heterocycles. The zero-order valence-corrected chi connectivity index (χ0v) is 14.4. The molecule has 0 radical (unpaired) electrons. The van der Waals surface area contributed by atoms with Crippen molar-refractivity contribution in [3.63, 3.8) is 0 Å². The highest BCUT2D eigenvalue weighted by atomic mass is 19.4. The Morgan fingerprint density at radius 2 is 1.77 bits per heavy atom. The van der Waals surface area contributed by atoms with Gasteiger partial charge in [-0.2, -0.15) is 13.2 Å². The molecular weight excluding hydrogens is 343 g/mol. The lowest BCUT2D eigenvalue weighted by Crippen LogP contribution is -2.38. The fourth-order valence-corrected chi connectivity index (χ4v) is 3.70. The van der Waals surface area contributed by atoms with Gasteiger partial charge < -0.3 is 10.0 Å². The Labute approximate surface area is 150 Å². The van der Waals surface area contributed by atoms with E-state index in [0.29, 0.717) is 37.1 Å². The molecule has 3 nitrogen and oxygen atoms in total. The minimum absolute atomic E-state index is 0.0827. The second-order valence-corrected chi connectivity index (χ2v) is 6.81. The van der Waals surface area contributed by atoms with Crippen molar-refractivity contribution in [2.24, 2.45) is 0 Å². The Bertz CT molecular complexity index is 729. The number of allylic oxidation sites excluding steroid dienone is 3. The summed E-state index contributed by atoms with van der Waals surface area (Å²) < 4.78 is 39.6. The quantitative estimate of drug-likeness (QED) is 0.822. The lowest BCUT2D eigenvalue weighted by Gasteiger charge is -2.33. The van der Waals surface area contributed by atoms with Crippen LogP contribution in [0.15, 0.2) is 47.7 Å². The number of likely N-dealkylation sites (tertiary alicyclic amines) is 1. The van der Waals surface area contributed by atoms with Crippen LogP contribution >= 0.6 is 0 Å². The number of amides is 1. The highest BCUT2D eigenvalue weighted by Gasteiger charge is 2.36. The van der Waals surface area contributed by atoms with Crippen LogP contribution in [0, 0.1) is 0 Å². The van der Waals surface area contributed by atoms with Gasteiger partial charge in [0.25, 0.3) is 0 Å². The Balaban J connectivity index is 1.62. The third-order valence-electron chi connectivity index (χ3n) is 5.12. The van der Waals surface area contributed by atoms with Gasteiger partial charge in [-0.1, -0.05) is 24.3 Å². The molecule has 140 valence electrons. The summed E-state index contributed by atoms with van der Waals surface area (Å²) in [6.45, 7) is 0.876. The van der Waals surface area contributed by atoms with Gasteiger partial charge in [-0.3, -0.25) is 4.79 Å². The minimum Gasteiger partial charge on any atom is -0.508 e. The number of aliphatic hydroxyl groups excluding tert-OH is 1. The van der Waals surface area contributed by atoms with E-state index >= 15 is 0 Å². The number of carbonyl (C=O) groups excluding carboxylic acids is 1. The van der Waals surface area contributed by atoms with Crippen LogP contribution in [-0.4, -0.2) is 29.0 Å². The molecule has 1 N–H and O–H groups in total. The van der Waals surface area contributed by atoms with Crippen molar-refractivity contribution in [1.82, 2.24) is 4.90 Å². The molecule has 0 unspecified atom stereocenters. The molecule has 1 aliphatic heterocycles. The average Bonchev–Trinajstić information content (AvgIpc) is 2.63. The highest BCUT2D eigenvalue weighted by Crippen LogP contribution is 2.38. The molecule has 1 amide bonds. The third-order valence-corrected chi connectivity index (χ3v) is 5.12. The number of hydrogen-bond acceptors (Lipinski definition) is 2. The van der Waals surface area contributed by atoms with Gasteiger partial charge in [0, 0.05) is 13.1 Å². The first-order chi connectivity index (χ1) is 12.4. The van der Waals surface area contributed by atoms with Crippen LogP contribution in [0.1, 0.15) is 49.1 Å². The summed E-state index contributed by atoms with van der Waals surface area (Å²) >= 11 is 0. The number of benzene rings is 1. The SMILES string of the molecule is O=C(CC1=CCCC=C1O)N1CCC(c2ccccc2C(F)(F)F)CC1. The molecule has 3 rings (SSSR count). The maximum Gasteiger partial charge on any atom is 0.416 e. The zero-order valence-electron chi connectivity index (χ0n) is 14.4. The predicted octanol–water partition coefficient (Wildman–Crippen LogP) is 4.96. The van der Waals surface area contributed by atoms with Crippen LogP contribution in [0.2, 0.25) is 0 Å². The molecule has 0 spiro atoms. The van der Waals surface area contributed by atoms with Crippen LogP contribution in [0.4, 0.5) is 13.2 Å². The molecule has 1 fully saturated rings. The Hall–Kier alpha value is -2.24. The summed E-state index contributed by atoms with van der Waals surface area (Å²) in [5.74, 6) is -0.113. The van der Waals surface area contributed by atoms with Crippen LogP contribution in [0.25, 0.3) is 0 Å². The Morgan fingerprint density at radius 1 is 1.12 bits per heavy atom. The topological polar surface area (TPSA) is 40.5 Å². The summed E-state index contributed by atoms with van der Waals surface area (Å²) in [7, 11) is 0. The molecule has 0 bridgehead atoms. The third kappa shape index (κ3) is 4.11. The van der Waals surface area contributed by atoms with Crippen LogP contribution in [0.3, 0.4) is 0 Å². The first-order valence-corrected chi connectivity index (χ1v) is 8.88. The smallest absolute Gasteiger partial charge is 0.416 e. The van der Waals surface area contributed by atoms with E-state index in [2.05, 4.69) is 0 Å². The molecule has 0 saturated carbocycles. The fourth-order valence-electron chi connectivity index (χ4n) is 3.70. The van der Waals surface area contributed by atoms with E-state index in [-0.39, 0.29) is 24.0 Å². The van der Waals surface area contributed by atoms with Gasteiger partial charge in [-0.15, -0.1) is 0 Å². The monoisotopic (exact) mass is 365 g/mol. The van der Waals surface area contributed by atoms with Gasteiger partial charge in [-0.05, 0) is 54.9 Å². The molecule has 1 aromatic rings. The molecule has 1 saturated heterocycles. The molecule has 2 aliphatic rings. The Kier molecular flexibility index (Phi) is 5.39. The number of nitrogens with zero attached hydrogens (tertiary/aromatic N) is 1. The molecule has 1 aliphatic carbocycles. The molecule has 26 heavy (non-hydrogen) atoms. The van der Waals surface area contributed by atoms with Gasteiger partial charge in [0.1, 0.15) is 5.76 Å². The molecule has 6 heteroatoms. The van der Waals surface area contributed by atoms with Crippen molar-refractivity contribution in [2.75, 3.05) is 13.1 Å². The van der Waals surface area contributed by atoms with Crippen molar-refractivity contribution in [1.29, 1.82) is 0 Å². The predicted molar refractivity (Wildman–Crippen MR) is 92.6 cm³/mol. The van der Waals surface area contributed by atoms with E-state index in [0.717, 1.165) is 18.9 Å². The number of alkyl halides is 3. The first kappa shape index (κ1) is 18.5. The molecule has 1 aromatic carbocycles. The van der Waals surface area contributed by atoms with E-state index in [9.17, 15) is 23.1 Å². The minimum atomic E-state index is -4.36. The van der Waals surface area contributed by atoms with Crippen molar-refractivity contribution in [2.45, 2.75) is 44.2 Å².